The van der Waals surface area contributed by atoms with Gasteiger partial charge in [-0.05, 0) is 42.3 Å². The molecule has 0 fully saturated rings. The molecule has 0 aliphatic heterocycles. The summed E-state index contributed by atoms with van der Waals surface area (Å²) in [6.45, 7) is 0.147. The van der Waals surface area contributed by atoms with Crippen LogP contribution >= 0.6 is 15.9 Å². The summed E-state index contributed by atoms with van der Waals surface area (Å²) in [6, 6.07) is 9.69. The van der Waals surface area contributed by atoms with Crippen molar-refractivity contribution in [2.75, 3.05) is 27.9 Å². The molecule has 0 aliphatic rings. The van der Waals surface area contributed by atoms with Crippen LogP contribution in [0.25, 0.3) is 0 Å². The van der Waals surface area contributed by atoms with Gasteiger partial charge in [0.2, 0.25) is 10.0 Å². The molecule has 7 nitrogen and oxygen atoms in total. The molecular weight excluding hydrogens is 438 g/mol. The van der Waals surface area contributed by atoms with Crippen LogP contribution in [0, 0.1) is 0 Å². The molecule has 2 aromatic rings. The number of nitrogens with one attached hydrogen (secondary N) is 1. The summed E-state index contributed by atoms with van der Waals surface area (Å²) in [6.07, 6.45) is 0.434. The monoisotopic (exact) mass is 457 g/mol. The van der Waals surface area contributed by atoms with Crippen molar-refractivity contribution in [1.29, 1.82) is 0 Å². The van der Waals surface area contributed by atoms with Crippen LogP contribution in [0.15, 0.2) is 45.8 Å². The summed E-state index contributed by atoms with van der Waals surface area (Å²) < 4.78 is 43.4. The van der Waals surface area contributed by atoms with Crippen LogP contribution < -0.4 is 14.2 Å². The topological polar surface area (TPSA) is 90.9 Å². The number of esters is 1. The minimum absolute atomic E-state index is 0.0366. The maximum absolute atomic E-state index is 12.6. The Bertz CT molecular complexity index is 929. The molecule has 0 saturated heterocycles. The first-order valence-electron chi connectivity index (χ1n) is 7.90. The minimum Gasteiger partial charge on any atom is -0.493 e. The van der Waals surface area contributed by atoms with Gasteiger partial charge in [0.05, 0.1) is 31.8 Å². The standard InChI is InChI=1S/C18H20BrNO6S/c1-24-15-6-4-12(10-16(15)25-2)8-9-20-27(22,23)17-7-5-13(19)11-14(17)18(21)26-3/h4-7,10-11,20H,8-9H2,1-3H3. The van der Waals surface area contributed by atoms with Gasteiger partial charge in [0.1, 0.15) is 0 Å². The van der Waals surface area contributed by atoms with Crippen molar-refractivity contribution < 1.29 is 27.4 Å². The zero-order valence-electron chi connectivity index (χ0n) is 15.1. The fraction of sp³-hybridized carbons (Fsp3) is 0.278. The van der Waals surface area contributed by atoms with E-state index in [1.807, 2.05) is 6.07 Å². The second-order valence-corrected chi connectivity index (χ2v) is 8.12. The van der Waals surface area contributed by atoms with Gasteiger partial charge in [0, 0.05) is 11.0 Å². The van der Waals surface area contributed by atoms with E-state index in [1.165, 1.54) is 26.4 Å². The highest BCUT2D eigenvalue weighted by Gasteiger charge is 2.23. The fourth-order valence-corrected chi connectivity index (χ4v) is 4.02. The van der Waals surface area contributed by atoms with Gasteiger partial charge >= 0.3 is 5.97 Å². The van der Waals surface area contributed by atoms with E-state index in [-0.39, 0.29) is 17.0 Å². The van der Waals surface area contributed by atoms with Crippen LogP contribution in [0.2, 0.25) is 0 Å². The number of carbonyl (C=O) groups excluding carboxylic acids is 1. The maximum atomic E-state index is 12.6. The quantitative estimate of drug-likeness (QED) is 0.612. The van der Waals surface area contributed by atoms with E-state index in [0.717, 1.165) is 5.56 Å². The van der Waals surface area contributed by atoms with Crippen molar-refractivity contribution in [2.45, 2.75) is 11.3 Å². The van der Waals surface area contributed by atoms with E-state index >= 15 is 0 Å². The summed E-state index contributed by atoms with van der Waals surface area (Å²) in [5, 5.41) is 0. The van der Waals surface area contributed by atoms with E-state index in [0.29, 0.717) is 22.4 Å². The normalized spacial score (nSPS) is 11.1. The van der Waals surface area contributed by atoms with Gasteiger partial charge in [-0.2, -0.15) is 0 Å². The Labute approximate surface area is 166 Å². The highest BCUT2D eigenvalue weighted by molar-refractivity contribution is 9.10. The molecule has 0 radical (unpaired) electrons. The Balaban J connectivity index is 2.15. The second-order valence-electron chi connectivity index (χ2n) is 5.47. The molecule has 0 unspecified atom stereocenters. The summed E-state index contributed by atoms with van der Waals surface area (Å²) in [4.78, 5) is 11.8. The molecule has 0 atom stereocenters. The molecule has 0 heterocycles. The number of sulfonamides is 1. The lowest BCUT2D eigenvalue weighted by Crippen LogP contribution is -2.27. The third-order valence-corrected chi connectivity index (χ3v) is 5.80. The smallest absolute Gasteiger partial charge is 0.339 e. The molecule has 0 amide bonds. The highest BCUT2D eigenvalue weighted by Crippen LogP contribution is 2.27. The minimum atomic E-state index is -3.89. The second kappa shape index (κ2) is 9.20. The maximum Gasteiger partial charge on any atom is 0.339 e. The summed E-state index contributed by atoms with van der Waals surface area (Å²) in [7, 11) is 0.388. The third-order valence-electron chi connectivity index (χ3n) is 3.79. The lowest BCUT2D eigenvalue weighted by Gasteiger charge is -2.12. The average molecular weight is 458 g/mol. The molecule has 2 rings (SSSR count). The van der Waals surface area contributed by atoms with E-state index in [4.69, 9.17) is 9.47 Å². The predicted molar refractivity (Wildman–Crippen MR) is 104 cm³/mol. The number of hydrogen-bond acceptors (Lipinski definition) is 6. The Hall–Kier alpha value is -2.10. The van der Waals surface area contributed by atoms with E-state index < -0.39 is 16.0 Å². The van der Waals surface area contributed by atoms with E-state index in [1.54, 1.807) is 25.3 Å². The summed E-state index contributed by atoms with van der Waals surface area (Å²) in [5.74, 6) is 0.440. The number of methoxy groups -OCH3 is 3. The fourth-order valence-electron chi connectivity index (χ4n) is 2.45. The molecule has 2 aromatic carbocycles. The molecule has 0 saturated carbocycles. The first-order chi connectivity index (χ1) is 12.8. The Morgan fingerprint density at radius 1 is 1.04 bits per heavy atom. The highest BCUT2D eigenvalue weighted by atomic mass is 79.9. The lowest BCUT2D eigenvalue weighted by molar-refractivity contribution is 0.0596. The molecule has 9 heteroatoms. The van der Waals surface area contributed by atoms with Crippen molar-refractivity contribution in [2.24, 2.45) is 0 Å². The Morgan fingerprint density at radius 2 is 1.74 bits per heavy atom. The van der Waals surface area contributed by atoms with Gasteiger partial charge in [-0.15, -0.1) is 0 Å². The zero-order valence-corrected chi connectivity index (χ0v) is 17.5. The van der Waals surface area contributed by atoms with Crippen LogP contribution in [-0.2, 0) is 21.2 Å². The molecular formula is C18H20BrNO6S. The van der Waals surface area contributed by atoms with Crippen LogP contribution in [0.5, 0.6) is 11.5 Å². The molecule has 0 spiro atoms. The van der Waals surface area contributed by atoms with Crippen molar-refractivity contribution >= 4 is 31.9 Å². The zero-order chi connectivity index (χ0) is 20.0. The number of carbonyl (C=O) groups is 1. The van der Waals surface area contributed by atoms with Gasteiger partial charge in [-0.25, -0.2) is 17.9 Å². The number of halogens is 1. The molecule has 146 valence electrons. The van der Waals surface area contributed by atoms with Gasteiger partial charge in [0.25, 0.3) is 0 Å². The van der Waals surface area contributed by atoms with Gasteiger partial charge < -0.3 is 14.2 Å². The molecule has 1 N–H and O–H groups in total. The van der Waals surface area contributed by atoms with Gasteiger partial charge in [-0.3, -0.25) is 0 Å². The van der Waals surface area contributed by atoms with Crippen LogP contribution in [0.4, 0.5) is 0 Å². The molecule has 0 aliphatic carbocycles. The first kappa shape index (κ1) is 21.2. The van der Waals surface area contributed by atoms with Gasteiger partial charge in [0.15, 0.2) is 11.5 Å². The molecule has 27 heavy (non-hydrogen) atoms. The predicted octanol–water partition coefficient (Wildman–Crippen LogP) is 2.77. The van der Waals surface area contributed by atoms with Gasteiger partial charge in [-0.1, -0.05) is 22.0 Å². The molecule has 0 bridgehead atoms. The van der Waals surface area contributed by atoms with Crippen LogP contribution in [0.3, 0.4) is 0 Å². The summed E-state index contributed by atoms with van der Waals surface area (Å²) >= 11 is 3.22. The van der Waals surface area contributed by atoms with E-state index in [9.17, 15) is 13.2 Å². The van der Waals surface area contributed by atoms with Crippen molar-refractivity contribution in [3.05, 3.63) is 52.0 Å². The SMILES string of the molecule is COC(=O)c1cc(Br)ccc1S(=O)(=O)NCCc1ccc(OC)c(OC)c1. The number of rotatable bonds is 8. The number of hydrogen-bond donors (Lipinski definition) is 1. The van der Waals surface area contributed by atoms with Crippen molar-refractivity contribution in [3.8, 4) is 11.5 Å². The average Bonchev–Trinajstić information content (AvgIpc) is 2.66. The Morgan fingerprint density at radius 3 is 2.37 bits per heavy atom. The number of benzene rings is 2. The third kappa shape index (κ3) is 5.21. The largest absolute Gasteiger partial charge is 0.493 e. The van der Waals surface area contributed by atoms with Crippen molar-refractivity contribution in [3.63, 3.8) is 0 Å². The van der Waals surface area contributed by atoms with Crippen LogP contribution in [-0.4, -0.2) is 42.3 Å². The first-order valence-corrected chi connectivity index (χ1v) is 10.2. The molecule has 0 aromatic heterocycles. The van der Waals surface area contributed by atoms with E-state index in [2.05, 4.69) is 25.4 Å². The number of ether oxygens (including phenoxy) is 3. The van der Waals surface area contributed by atoms with Crippen LogP contribution in [0.1, 0.15) is 15.9 Å². The Kier molecular flexibility index (Phi) is 7.23. The summed E-state index contributed by atoms with van der Waals surface area (Å²) in [5.41, 5.74) is 0.838. The van der Waals surface area contributed by atoms with Crippen molar-refractivity contribution in [1.82, 2.24) is 4.72 Å². The lowest BCUT2D eigenvalue weighted by atomic mass is 10.1.